The van der Waals surface area contributed by atoms with Gasteiger partial charge in [0.15, 0.2) is 5.78 Å². The number of rotatable bonds is 4. The molecule has 1 saturated heterocycles. The summed E-state index contributed by atoms with van der Waals surface area (Å²) in [4.78, 5) is 23.5. The minimum atomic E-state index is -0.400. The fraction of sp³-hybridized carbons (Fsp3) is 0.846. The summed E-state index contributed by atoms with van der Waals surface area (Å²) >= 11 is 0. The Morgan fingerprint density at radius 2 is 1.82 bits per heavy atom. The van der Waals surface area contributed by atoms with Crippen LogP contribution in [0, 0.1) is 11.8 Å². The zero-order valence-corrected chi connectivity index (χ0v) is 11.3. The fourth-order valence-corrected chi connectivity index (χ4v) is 2.41. The second-order valence-electron chi connectivity index (χ2n) is 4.98. The minimum absolute atomic E-state index is 0.0608. The predicted octanol–water partition coefficient (Wildman–Crippen LogP) is 1.53. The molecule has 0 radical (unpaired) electrons. The molecule has 0 aromatic heterocycles. The lowest BCUT2D eigenvalue weighted by atomic mass is 9.88. The van der Waals surface area contributed by atoms with Crippen LogP contribution in [0.1, 0.15) is 41.0 Å². The number of Topliss-reactive ketones (excluding diaryl/α,β-unsaturated/α-hetero) is 1. The SMILES string of the molecule is CCC(=O)C(C)NC(=O)C1C(C)OC(C)C1C. The highest BCUT2D eigenvalue weighted by molar-refractivity contribution is 5.89. The van der Waals surface area contributed by atoms with E-state index in [0.717, 1.165) is 0 Å². The summed E-state index contributed by atoms with van der Waals surface area (Å²) in [7, 11) is 0. The van der Waals surface area contributed by atoms with Crippen LogP contribution in [-0.4, -0.2) is 29.9 Å². The highest BCUT2D eigenvalue weighted by Gasteiger charge is 2.41. The number of amides is 1. The second-order valence-corrected chi connectivity index (χ2v) is 4.98. The van der Waals surface area contributed by atoms with Gasteiger partial charge in [0.2, 0.25) is 5.91 Å². The molecule has 0 aliphatic carbocycles. The third-order valence-corrected chi connectivity index (χ3v) is 3.73. The molecule has 1 aliphatic rings. The molecular weight excluding hydrogens is 218 g/mol. The van der Waals surface area contributed by atoms with Crippen molar-refractivity contribution in [2.75, 3.05) is 0 Å². The average molecular weight is 241 g/mol. The first-order valence-electron chi connectivity index (χ1n) is 6.37. The van der Waals surface area contributed by atoms with Crippen LogP contribution in [0.4, 0.5) is 0 Å². The van der Waals surface area contributed by atoms with Gasteiger partial charge in [-0.3, -0.25) is 9.59 Å². The van der Waals surface area contributed by atoms with Gasteiger partial charge in [-0.25, -0.2) is 0 Å². The normalized spacial score (nSPS) is 34.4. The molecule has 1 heterocycles. The van der Waals surface area contributed by atoms with E-state index in [4.69, 9.17) is 4.74 Å². The lowest BCUT2D eigenvalue weighted by Gasteiger charge is -2.20. The molecule has 4 heteroatoms. The molecule has 0 saturated carbocycles. The molecule has 17 heavy (non-hydrogen) atoms. The van der Waals surface area contributed by atoms with E-state index < -0.39 is 6.04 Å². The van der Waals surface area contributed by atoms with E-state index in [1.54, 1.807) is 13.8 Å². The van der Waals surface area contributed by atoms with Crippen molar-refractivity contribution < 1.29 is 14.3 Å². The third kappa shape index (κ3) is 3.06. The van der Waals surface area contributed by atoms with Gasteiger partial charge in [-0.2, -0.15) is 0 Å². The number of carbonyl (C=O) groups excluding carboxylic acids is 2. The number of nitrogens with one attached hydrogen (secondary N) is 1. The van der Waals surface area contributed by atoms with Crippen LogP contribution < -0.4 is 5.32 Å². The quantitative estimate of drug-likeness (QED) is 0.812. The molecule has 98 valence electrons. The van der Waals surface area contributed by atoms with E-state index >= 15 is 0 Å². The van der Waals surface area contributed by atoms with E-state index in [2.05, 4.69) is 5.32 Å². The molecule has 0 aromatic rings. The Kier molecular flexibility index (Phi) is 4.69. The van der Waals surface area contributed by atoms with Crippen molar-refractivity contribution in [3.63, 3.8) is 0 Å². The van der Waals surface area contributed by atoms with Crippen LogP contribution in [0.25, 0.3) is 0 Å². The van der Waals surface area contributed by atoms with Crippen LogP contribution in [0.15, 0.2) is 0 Å². The molecule has 5 atom stereocenters. The first kappa shape index (κ1) is 14.2. The van der Waals surface area contributed by atoms with Crippen molar-refractivity contribution >= 4 is 11.7 Å². The second kappa shape index (κ2) is 5.63. The van der Waals surface area contributed by atoms with Crippen molar-refractivity contribution in [3.05, 3.63) is 0 Å². The Balaban J connectivity index is 2.61. The maximum atomic E-state index is 12.1. The van der Waals surface area contributed by atoms with Crippen LogP contribution in [-0.2, 0) is 14.3 Å². The Hall–Kier alpha value is -0.900. The van der Waals surface area contributed by atoms with Gasteiger partial charge in [-0.15, -0.1) is 0 Å². The highest BCUT2D eigenvalue weighted by atomic mass is 16.5. The summed E-state index contributed by atoms with van der Waals surface area (Å²) in [5.74, 6) is 0.0281. The summed E-state index contributed by atoms with van der Waals surface area (Å²) in [6.45, 7) is 9.45. The Labute approximate surface area is 103 Å². The summed E-state index contributed by atoms with van der Waals surface area (Å²) in [5, 5.41) is 2.79. The van der Waals surface area contributed by atoms with Gasteiger partial charge >= 0.3 is 0 Å². The van der Waals surface area contributed by atoms with Crippen molar-refractivity contribution in [1.29, 1.82) is 0 Å². The lowest BCUT2D eigenvalue weighted by Crippen LogP contribution is -2.44. The van der Waals surface area contributed by atoms with Gasteiger partial charge in [0.1, 0.15) is 0 Å². The van der Waals surface area contributed by atoms with E-state index in [0.29, 0.717) is 6.42 Å². The number of ether oxygens (including phenoxy) is 1. The summed E-state index contributed by atoms with van der Waals surface area (Å²) in [6.07, 6.45) is 0.464. The number of hydrogen-bond donors (Lipinski definition) is 1. The number of hydrogen-bond acceptors (Lipinski definition) is 3. The molecule has 5 unspecified atom stereocenters. The molecule has 4 nitrogen and oxygen atoms in total. The van der Waals surface area contributed by atoms with Crippen molar-refractivity contribution in [2.24, 2.45) is 11.8 Å². The van der Waals surface area contributed by atoms with E-state index in [1.165, 1.54) is 0 Å². The van der Waals surface area contributed by atoms with Crippen LogP contribution in [0.3, 0.4) is 0 Å². The van der Waals surface area contributed by atoms with Gasteiger partial charge in [-0.1, -0.05) is 13.8 Å². The first-order chi connectivity index (χ1) is 7.88. The first-order valence-corrected chi connectivity index (χ1v) is 6.37. The molecule has 1 amide bonds. The Morgan fingerprint density at radius 1 is 1.24 bits per heavy atom. The minimum Gasteiger partial charge on any atom is -0.374 e. The van der Waals surface area contributed by atoms with E-state index in [-0.39, 0.29) is 35.7 Å². The largest absolute Gasteiger partial charge is 0.374 e. The van der Waals surface area contributed by atoms with Crippen LogP contribution >= 0.6 is 0 Å². The Bertz CT molecular complexity index is 303. The van der Waals surface area contributed by atoms with Gasteiger partial charge in [0.25, 0.3) is 0 Å². The van der Waals surface area contributed by atoms with Gasteiger partial charge in [-0.05, 0) is 26.7 Å². The third-order valence-electron chi connectivity index (χ3n) is 3.73. The van der Waals surface area contributed by atoms with E-state index in [1.807, 2.05) is 20.8 Å². The summed E-state index contributed by atoms with van der Waals surface area (Å²) in [5.41, 5.74) is 0. The zero-order chi connectivity index (χ0) is 13.2. The van der Waals surface area contributed by atoms with Gasteiger partial charge < -0.3 is 10.1 Å². The number of ketones is 1. The molecule has 0 bridgehead atoms. The van der Waals surface area contributed by atoms with Crippen LogP contribution in [0.2, 0.25) is 0 Å². The maximum Gasteiger partial charge on any atom is 0.226 e. The molecule has 1 fully saturated rings. The molecule has 0 aromatic carbocycles. The van der Waals surface area contributed by atoms with Crippen molar-refractivity contribution in [1.82, 2.24) is 5.32 Å². The lowest BCUT2D eigenvalue weighted by molar-refractivity contribution is -0.131. The van der Waals surface area contributed by atoms with Gasteiger partial charge in [0, 0.05) is 6.42 Å². The molecule has 1 N–H and O–H groups in total. The van der Waals surface area contributed by atoms with Crippen molar-refractivity contribution in [2.45, 2.75) is 59.3 Å². The van der Waals surface area contributed by atoms with Crippen molar-refractivity contribution in [3.8, 4) is 0 Å². The average Bonchev–Trinajstić information content (AvgIpc) is 2.51. The molecule has 1 aliphatic heterocycles. The maximum absolute atomic E-state index is 12.1. The summed E-state index contributed by atoms with van der Waals surface area (Å²) in [6, 6.07) is -0.400. The Morgan fingerprint density at radius 3 is 2.24 bits per heavy atom. The topological polar surface area (TPSA) is 55.4 Å². The predicted molar refractivity (Wildman–Crippen MR) is 65.6 cm³/mol. The van der Waals surface area contributed by atoms with Gasteiger partial charge in [0.05, 0.1) is 24.2 Å². The monoisotopic (exact) mass is 241 g/mol. The van der Waals surface area contributed by atoms with E-state index in [9.17, 15) is 9.59 Å². The summed E-state index contributed by atoms with van der Waals surface area (Å²) < 4.78 is 5.63. The highest BCUT2D eigenvalue weighted by Crippen LogP contribution is 2.32. The molecular formula is C13H23NO3. The van der Waals surface area contributed by atoms with Crippen LogP contribution in [0.5, 0.6) is 0 Å². The smallest absolute Gasteiger partial charge is 0.226 e. The zero-order valence-electron chi connectivity index (χ0n) is 11.3. The number of carbonyl (C=O) groups is 2. The fourth-order valence-electron chi connectivity index (χ4n) is 2.41. The standard InChI is InChI=1S/C13H23NO3/c1-6-11(15)8(3)14-13(16)12-7(2)9(4)17-10(12)5/h7-10,12H,6H2,1-5H3,(H,14,16). The molecule has 0 spiro atoms. The molecule has 1 rings (SSSR count).